The quantitative estimate of drug-likeness (QED) is 0.0261. The third kappa shape index (κ3) is 68.5. The summed E-state index contributed by atoms with van der Waals surface area (Å²) < 4.78 is 17.0. The summed E-state index contributed by atoms with van der Waals surface area (Å²) in [5.74, 6) is -0.910. The SMILES string of the molecule is CC/C=C\C/C=C\C/C=C\C/C=C\C/C=C\C/C=C\CCCCCCCCC(=O)OCC(COC(=O)CCCCCCCCCCC/C=C\CCCCCCCC)OC(=O)CCCCCCCC/C=C\C/C=C\C/C=C\CCCCCCC. The first-order valence-electron chi connectivity index (χ1n) is 35.0. The Bertz CT molecular complexity index is 1700. The van der Waals surface area contributed by atoms with E-state index in [2.05, 4.69) is 142 Å². The Morgan fingerprint density at radius 3 is 0.747 bits per heavy atom. The molecule has 0 aromatic rings. The highest BCUT2D eigenvalue weighted by molar-refractivity contribution is 5.71. The Morgan fingerprint density at radius 1 is 0.253 bits per heavy atom. The minimum atomic E-state index is -0.798. The van der Waals surface area contributed by atoms with Crippen LogP contribution in [-0.4, -0.2) is 37.2 Å². The predicted molar refractivity (Wildman–Crippen MR) is 362 cm³/mol. The Labute approximate surface area is 513 Å². The van der Waals surface area contributed by atoms with Crippen molar-refractivity contribution in [1.29, 1.82) is 0 Å². The van der Waals surface area contributed by atoms with Crippen molar-refractivity contribution in [2.75, 3.05) is 13.2 Å². The van der Waals surface area contributed by atoms with E-state index in [1.165, 1.54) is 154 Å². The first-order valence-corrected chi connectivity index (χ1v) is 35.0. The maximum absolute atomic E-state index is 13.0. The van der Waals surface area contributed by atoms with Gasteiger partial charge in [0, 0.05) is 19.3 Å². The lowest BCUT2D eigenvalue weighted by atomic mass is 10.1. The number of allylic oxidation sites excluding steroid dienone is 20. The zero-order valence-corrected chi connectivity index (χ0v) is 54.4. The summed E-state index contributed by atoms with van der Waals surface area (Å²) >= 11 is 0. The standard InChI is InChI=1S/C77H130O6/c1-4-7-10-13-16-19-22-25-28-31-34-36-37-38-39-41-43-46-49-52-55-58-61-64-67-70-76(79)82-73-74(72-81-75(78)69-66-63-60-57-54-51-48-45-42-33-30-27-24-21-18-15-12-9-6-3)83-77(80)71-68-65-62-59-56-53-50-47-44-40-35-32-29-26-23-20-17-14-11-8-5-2/h7,10,16,19,23,25-28,30,32,34-36,38-39,43-44,46-47,74H,4-6,8-9,11-15,17-18,20-22,24,29,31,33,37,40-42,45,48-73H2,1-3H3/b10-7-,19-16-,26-23-,28-25-,30-27-,35-32-,36-34-,39-38-,46-43-,47-44-. The summed E-state index contributed by atoms with van der Waals surface area (Å²) in [7, 11) is 0. The highest BCUT2D eigenvalue weighted by Gasteiger charge is 2.19. The molecule has 6 heteroatoms. The molecule has 0 saturated heterocycles. The molecule has 0 aromatic carbocycles. The van der Waals surface area contributed by atoms with Crippen LogP contribution < -0.4 is 0 Å². The molecule has 0 aliphatic carbocycles. The molecule has 83 heavy (non-hydrogen) atoms. The lowest BCUT2D eigenvalue weighted by molar-refractivity contribution is -0.167. The largest absolute Gasteiger partial charge is 0.462 e. The van der Waals surface area contributed by atoms with Gasteiger partial charge in [0.25, 0.3) is 0 Å². The van der Waals surface area contributed by atoms with Gasteiger partial charge in [-0.1, -0.05) is 296 Å². The summed E-state index contributed by atoms with van der Waals surface area (Å²) in [4.78, 5) is 38.5. The van der Waals surface area contributed by atoms with Gasteiger partial charge >= 0.3 is 17.9 Å². The molecule has 0 heterocycles. The number of esters is 3. The zero-order valence-electron chi connectivity index (χ0n) is 54.4. The van der Waals surface area contributed by atoms with Crippen molar-refractivity contribution in [1.82, 2.24) is 0 Å². The second-order valence-corrected chi connectivity index (χ2v) is 23.1. The van der Waals surface area contributed by atoms with Crippen LogP contribution >= 0.6 is 0 Å². The van der Waals surface area contributed by atoms with E-state index in [-0.39, 0.29) is 31.1 Å². The molecule has 0 spiro atoms. The summed E-state index contributed by atoms with van der Waals surface area (Å²) in [5, 5.41) is 0. The number of carbonyl (C=O) groups is 3. The molecule has 0 aliphatic rings. The van der Waals surface area contributed by atoms with Crippen LogP contribution in [0.1, 0.15) is 329 Å². The van der Waals surface area contributed by atoms with E-state index in [0.717, 1.165) is 135 Å². The Morgan fingerprint density at radius 2 is 0.470 bits per heavy atom. The molecule has 0 aliphatic heterocycles. The average molecular weight is 1150 g/mol. The van der Waals surface area contributed by atoms with Crippen LogP contribution in [-0.2, 0) is 28.6 Å². The number of rotatable bonds is 63. The van der Waals surface area contributed by atoms with E-state index >= 15 is 0 Å². The van der Waals surface area contributed by atoms with Crippen LogP contribution in [0, 0.1) is 0 Å². The lowest BCUT2D eigenvalue weighted by Gasteiger charge is -2.18. The molecular weight excluding hydrogens is 1020 g/mol. The summed E-state index contributed by atoms with van der Waals surface area (Å²) in [5.41, 5.74) is 0. The van der Waals surface area contributed by atoms with Gasteiger partial charge in [0.1, 0.15) is 13.2 Å². The van der Waals surface area contributed by atoms with Crippen molar-refractivity contribution in [3.8, 4) is 0 Å². The summed E-state index contributed by atoms with van der Waals surface area (Å²) in [6.45, 7) is 6.52. The van der Waals surface area contributed by atoms with E-state index in [9.17, 15) is 14.4 Å². The van der Waals surface area contributed by atoms with Gasteiger partial charge < -0.3 is 14.2 Å². The van der Waals surface area contributed by atoms with Gasteiger partial charge in [-0.3, -0.25) is 14.4 Å². The lowest BCUT2D eigenvalue weighted by Crippen LogP contribution is -2.30. The number of ether oxygens (including phenoxy) is 3. The number of hydrogen-bond donors (Lipinski definition) is 0. The van der Waals surface area contributed by atoms with Gasteiger partial charge in [-0.15, -0.1) is 0 Å². The fraction of sp³-hybridized carbons (Fsp3) is 0.701. The van der Waals surface area contributed by atoms with Crippen LogP contribution in [0.4, 0.5) is 0 Å². The first-order chi connectivity index (χ1) is 41.0. The van der Waals surface area contributed by atoms with Crippen LogP contribution in [0.3, 0.4) is 0 Å². The van der Waals surface area contributed by atoms with E-state index < -0.39 is 6.10 Å². The Hall–Kier alpha value is -4.19. The summed E-state index contributed by atoms with van der Waals surface area (Å²) in [6, 6.07) is 0. The van der Waals surface area contributed by atoms with Crippen LogP contribution in [0.2, 0.25) is 0 Å². The fourth-order valence-corrected chi connectivity index (χ4v) is 9.68. The molecule has 0 amide bonds. The van der Waals surface area contributed by atoms with Crippen molar-refractivity contribution in [3.05, 3.63) is 122 Å². The molecule has 0 saturated carbocycles. The molecule has 1 atom stereocenters. The smallest absolute Gasteiger partial charge is 0.306 e. The molecule has 1 unspecified atom stereocenters. The minimum Gasteiger partial charge on any atom is -0.462 e. The number of carbonyl (C=O) groups excluding carboxylic acids is 3. The monoisotopic (exact) mass is 1150 g/mol. The van der Waals surface area contributed by atoms with Crippen molar-refractivity contribution < 1.29 is 28.6 Å². The van der Waals surface area contributed by atoms with Crippen molar-refractivity contribution in [3.63, 3.8) is 0 Å². The third-order valence-corrected chi connectivity index (χ3v) is 14.9. The van der Waals surface area contributed by atoms with E-state index in [1.807, 2.05) is 0 Å². The van der Waals surface area contributed by atoms with Crippen LogP contribution in [0.25, 0.3) is 0 Å². The van der Waals surface area contributed by atoms with Crippen LogP contribution in [0.5, 0.6) is 0 Å². The zero-order chi connectivity index (χ0) is 59.9. The van der Waals surface area contributed by atoms with Gasteiger partial charge in [-0.2, -0.15) is 0 Å². The van der Waals surface area contributed by atoms with E-state index in [1.54, 1.807) is 0 Å². The summed E-state index contributed by atoms with van der Waals surface area (Å²) in [6.07, 6.45) is 97.7. The molecule has 0 N–H and O–H groups in total. The van der Waals surface area contributed by atoms with Crippen molar-refractivity contribution in [2.45, 2.75) is 335 Å². The molecule has 0 aromatic heterocycles. The second-order valence-electron chi connectivity index (χ2n) is 23.1. The normalized spacial score (nSPS) is 12.9. The maximum atomic E-state index is 13.0. The predicted octanol–water partition coefficient (Wildman–Crippen LogP) is 24.3. The molecule has 0 radical (unpaired) electrons. The Balaban J connectivity index is 4.45. The van der Waals surface area contributed by atoms with Crippen molar-refractivity contribution in [2.24, 2.45) is 0 Å². The van der Waals surface area contributed by atoms with Gasteiger partial charge in [0.15, 0.2) is 6.10 Å². The van der Waals surface area contributed by atoms with E-state index in [0.29, 0.717) is 19.3 Å². The van der Waals surface area contributed by atoms with Gasteiger partial charge in [-0.25, -0.2) is 0 Å². The molecule has 6 nitrogen and oxygen atoms in total. The van der Waals surface area contributed by atoms with E-state index in [4.69, 9.17) is 14.2 Å². The second kappa shape index (κ2) is 70.3. The number of hydrogen-bond acceptors (Lipinski definition) is 6. The van der Waals surface area contributed by atoms with Gasteiger partial charge in [0.05, 0.1) is 0 Å². The van der Waals surface area contributed by atoms with Gasteiger partial charge in [-0.05, 0) is 135 Å². The first kappa shape index (κ1) is 78.8. The van der Waals surface area contributed by atoms with Crippen molar-refractivity contribution >= 4 is 17.9 Å². The molecule has 0 bridgehead atoms. The maximum Gasteiger partial charge on any atom is 0.306 e. The minimum absolute atomic E-state index is 0.0905. The molecular formula is C77H130O6. The molecule has 474 valence electrons. The average Bonchev–Trinajstić information content (AvgIpc) is 3.50. The topological polar surface area (TPSA) is 78.9 Å². The fourth-order valence-electron chi connectivity index (χ4n) is 9.68. The van der Waals surface area contributed by atoms with Gasteiger partial charge in [0.2, 0.25) is 0 Å². The Kier molecular flexibility index (Phi) is 66.7. The van der Waals surface area contributed by atoms with Crippen LogP contribution in [0.15, 0.2) is 122 Å². The number of unbranched alkanes of at least 4 members (excludes halogenated alkanes) is 32. The highest BCUT2D eigenvalue weighted by atomic mass is 16.6. The highest BCUT2D eigenvalue weighted by Crippen LogP contribution is 2.16. The molecule has 0 rings (SSSR count). The third-order valence-electron chi connectivity index (χ3n) is 14.9. The molecule has 0 fully saturated rings.